The van der Waals surface area contributed by atoms with Crippen LogP contribution in [0.25, 0.3) is 0 Å². The van der Waals surface area contributed by atoms with Gasteiger partial charge in [-0.15, -0.1) is 35.3 Å². The summed E-state index contributed by atoms with van der Waals surface area (Å²) in [5.74, 6) is 1.61. The molecule has 2 aromatic rings. The van der Waals surface area contributed by atoms with Crippen LogP contribution >= 0.6 is 35.3 Å². The molecular weight excluding hydrogens is 461 g/mol. The molecule has 2 aromatic heterocycles. The maximum atomic E-state index is 4.58. The molecule has 1 atom stereocenters. The van der Waals surface area contributed by atoms with Crippen molar-refractivity contribution in [2.45, 2.75) is 38.8 Å². The second-order valence-corrected chi connectivity index (χ2v) is 6.93. The van der Waals surface area contributed by atoms with Crippen molar-refractivity contribution in [3.05, 3.63) is 34.5 Å². The lowest BCUT2D eigenvalue weighted by molar-refractivity contribution is 0.463. The van der Waals surface area contributed by atoms with Crippen molar-refractivity contribution >= 4 is 47.2 Å². The molecule has 9 heteroatoms. The number of piperidine rings is 1. The number of hydrogen-bond acceptors (Lipinski definition) is 6. The highest BCUT2D eigenvalue weighted by molar-refractivity contribution is 14.0. The number of rotatable bonds is 5. The first-order valence-electron chi connectivity index (χ1n) is 8.71. The second kappa shape index (κ2) is 10.6. The van der Waals surface area contributed by atoms with Crippen molar-refractivity contribution in [1.29, 1.82) is 0 Å². The Kier molecular flexibility index (Phi) is 8.49. The first-order chi connectivity index (χ1) is 12.3. The molecular formula is C17H26IN7S. The Morgan fingerprint density at radius 3 is 2.88 bits per heavy atom. The van der Waals surface area contributed by atoms with Gasteiger partial charge in [-0.3, -0.25) is 4.99 Å². The molecule has 3 rings (SSSR count). The van der Waals surface area contributed by atoms with E-state index in [1.54, 1.807) is 30.8 Å². The molecule has 26 heavy (non-hydrogen) atoms. The molecule has 142 valence electrons. The zero-order chi connectivity index (χ0) is 17.5. The van der Waals surface area contributed by atoms with Gasteiger partial charge in [-0.2, -0.15) is 0 Å². The third-order valence-electron chi connectivity index (χ3n) is 4.16. The van der Waals surface area contributed by atoms with Gasteiger partial charge in [-0.25, -0.2) is 15.0 Å². The summed E-state index contributed by atoms with van der Waals surface area (Å²) in [6.07, 6.45) is 6.78. The monoisotopic (exact) mass is 487 g/mol. The van der Waals surface area contributed by atoms with E-state index in [0.29, 0.717) is 12.6 Å². The van der Waals surface area contributed by atoms with Gasteiger partial charge in [0, 0.05) is 44.0 Å². The van der Waals surface area contributed by atoms with Crippen molar-refractivity contribution in [3.8, 4) is 0 Å². The lowest BCUT2D eigenvalue weighted by Gasteiger charge is -2.33. The SMILES string of the molecule is CCc1nc(CNC(=NC)NC2CCCN(c3ncccn3)C2)cs1.I. The fourth-order valence-electron chi connectivity index (χ4n) is 2.89. The van der Waals surface area contributed by atoms with E-state index in [-0.39, 0.29) is 24.0 Å². The van der Waals surface area contributed by atoms with Crippen LogP contribution in [0.4, 0.5) is 5.95 Å². The Labute approximate surface area is 175 Å². The average molecular weight is 487 g/mol. The number of nitrogens with zero attached hydrogens (tertiary/aromatic N) is 5. The number of anilines is 1. The Hall–Kier alpha value is -1.49. The highest BCUT2D eigenvalue weighted by atomic mass is 127. The standard InChI is InChI=1S/C17H25N7S.HI/c1-3-15-22-14(12-25-15)10-21-16(18-2)23-13-6-4-9-24(11-13)17-19-7-5-8-20-17;/h5,7-8,12-13H,3-4,6,9-11H2,1-2H3,(H2,18,21,23);1H. The van der Waals surface area contributed by atoms with Gasteiger partial charge in [-0.05, 0) is 25.3 Å². The van der Waals surface area contributed by atoms with Crippen LogP contribution in [0.3, 0.4) is 0 Å². The van der Waals surface area contributed by atoms with Gasteiger partial charge in [0.25, 0.3) is 0 Å². The molecule has 0 radical (unpaired) electrons. The number of hydrogen-bond donors (Lipinski definition) is 2. The predicted octanol–water partition coefficient (Wildman–Crippen LogP) is 2.45. The summed E-state index contributed by atoms with van der Waals surface area (Å²) >= 11 is 1.71. The molecule has 0 aliphatic carbocycles. The van der Waals surface area contributed by atoms with Crippen molar-refractivity contribution in [2.24, 2.45) is 4.99 Å². The normalized spacial score (nSPS) is 17.5. The maximum absolute atomic E-state index is 4.58. The lowest BCUT2D eigenvalue weighted by atomic mass is 10.1. The molecule has 0 bridgehead atoms. The van der Waals surface area contributed by atoms with E-state index < -0.39 is 0 Å². The van der Waals surface area contributed by atoms with Crippen LogP contribution in [0.15, 0.2) is 28.8 Å². The van der Waals surface area contributed by atoms with Crippen LogP contribution in [-0.2, 0) is 13.0 Å². The lowest BCUT2D eigenvalue weighted by Crippen LogP contribution is -2.51. The van der Waals surface area contributed by atoms with Crippen molar-refractivity contribution in [2.75, 3.05) is 25.0 Å². The molecule has 0 aromatic carbocycles. The largest absolute Gasteiger partial charge is 0.352 e. The smallest absolute Gasteiger partial charge is 0.225 e. The third kappa shape index (κ3) is 5.76. The second-order valence-electron chi connectivity index (χ2n) is 5.99. The quantitative estimate of drug-likeness (QED) is 0.384. The Bertz CT molecular complexity index is 691. The van der Waals surface area contributed by atoms with E-state index in [4.69, 9.17) is 0 Å². The van der Waals surface area contributed by atoms with E-state index in [1.165, 1.54) is 5.01 Å². The van der Waals surface area contributed by atoms with E-state index in [0.717, 1.165) is 50.0 Å². The first kappa shape index (κ1) is 20.8. The minimum absolute atomic E-state index is 0. The molecule has 3 heterocycles. The minimum Gasteiger partial charge on any atom is -0.352 e. The van der Waals surface area contributed by atoms with Gasteiger partial charge in [0.1, 0.15) is 0 Å². The summed E-state index contributed by atoms with van der Waals surface area (Å²) in [4.78, 5) is 19.9. The third-order valence-corrected chi connectivity index (χ3v) is 5.20. The number of halogens is 1. The van der Waals surface area contributed by atoms with Gasteiger partial charge >= 0.3 is 0 Å². The molecule has 1 unspecified atom stereocenters. The Morgan fingerprint density at radius 2 is 2.19 bits per heavy atom. The van der Waals surface area contributed by atoms with Crippen molar-refractivity contribution in [3.63, 3.8) is 0 Å². The molecule has 7 nitrogen and oxygen atoms in total. The fraction of sp³-hybridized carbons (Fsp3) is 0.529. The number of nitrogens with one attached hydrogen (secondary N) is 2. The minimum atomic E-state index is 0. The Balaban J connectivity index is 0.00000243. The van der Waals surface area contributed by atoms with E-state index in [9.17, 15) is 0 Å². The van der Waals surface area contributed by atoms with E-state index in [1.807, 2.05) is 6.07 Å². The summed E-state index contributed by atoms with van der Waals surface area (Å²) in [7, 11) is 1.80. The number of aryl methyl sites for hydroxylation is 1. The van der Waals surface area contributed by atoms with Gasteiger partial charge in [0.05, 0.1) is 17.2 Å². The van der Waals surface area contributed by atoms with E-state index >= 15 is 0 Å². The first-order valence-corrected chi connectivity index (χ1v) is 9.59. The van der Waals surface area contributed by atoms with E-state index in [2.05, 4.69) is 47.8 Å². The van der Waals surface area contributed by atoms with Crippen LogP contribution in [-0.4, -0.2) is 47.1 Å². The highest BCUT2D eigenvalue weighted by Crippen LogP contribution is 2.15. The fourth-order valence-corrected chi connectivity index (χ4v) is 3.63. The summed E-state index contributed by atoms with van der Waals surface area (Å²) in [6.45, 7) is 4.68. The molecule has 1 saturated heterocycles. The van der Waals surface area contributed by atoms with Crippen LogP contribution in [0, 0.1) is 0 Å². The molecule has 2 N–H and O–H groups in total. The maximum Gasteiger partial charge on any atom is 0.225 e. The van der Waals surface area contributed by atoms with Crippen LogP contribution in [0.1, 0.15) is 30.5 Å². The molecule has 0 amide bonds. The molecule has 0 saturated carbocycles. The molecule has 1 aliphatic rings. The summed E-state index contributed by atoms with van der Waals surface area (Å²) in [5.41, 5.74) is 1.06. The molecule has 0 spiro atoms. The van der Waals surface area contributed by atoms with Crippen LogP contribution in [0.2, 0.25) is 0 Å². The van der Waals surface area contributed by atoms with Gasteiger partial charge in [-0.1, -0.05) is 6.92 Å². The van der Waals surface area contributed by atoms with Gasteiger partial charge < -0.3 is 15.5 Å². The summed E-state index contributed by atoms with van der Waals surface area (Å²) < 4.78 is 0. The zero-order valence-corrected chi connectivity index (χ0v) is 18.3. The van der Waals surface area contributed by atoms with Crippen molar-refractivity contribution < 1.29 is 0 Å². The molecule has 1 fully saturated rings. The van der Waals surface area contributed by atoms with Crippen LogP contribution < -0.4 is 15.5 Å². The number of thiazole rings is 1. The topological polar surface area (TPSA) is 78.3 Å². The zero-order valence-electron chi connectivity index (χ0n) is 15.2. The predicted molar refractivity (Wildman–Crippen MR) is 118 cm³/mol. The van der Waals surface area contributed by atoms with Crippen molar-refractivity contribution in [1.82, 2.24) is 25.6 Å². The number of guanidine groups is 1. The number of aliphatic imine (C=N–C) groups is 1. The Morgan fingerprint density at radius 1 is 1.38 bits per heavy atom. The molecule has 1 aliphatic heterocycles. The average Bonchev–Trinajstić information content (AvgIpc) is 3.14. The van der Waals surface area contributed by atoms with Crippen LogP contribution in [0.5, 0.6) is 0 Å². The highest BCUT2D eigenvalue weighted by Gasteiger charge is 2.22. The summed E-state index contributed by atoms with van der Waals surface area (Å²) in [5, 5.41) is 10.1. The van der Waals surface area contributed by atoms with Gasteiger partial charge in [0.2, 0.25) is 5.95 Å². The number of aromatic nitrogens is 3. The van der Waals surface area contributed by atoms with Gasteiger partial charge in [0.15, 0.2) is 5.96 Å². The summed E-state index contributed by atoms with van der Waals surface area (Å²) in [6, 6.07) is 2.17.